The molecular weight excluding hydrogens is 457 g/mol. The minimum Gasteiger partial charge on any atom is -0.343 e. The summed E-state index contributed by atoms with van der Waals surface area (Å²) in [5.41, 5.74) is 0.984. The lowest BCUT2D eigenvalue weighted by molar-refractivity contribution is -0.115. The van der Waals surface area contributed by atoms with E-state index in [1.54, 1.807) is 31.2 Å². The van der Waals surface area contributed by atoms with Crippen molar-refractivity contribution in [3.8, 4) is 0 Å². The van der Waals surface area contributed by atoms with Crippen LogP contribution >= 0.6 is 11.6 Å². The zero-order valence-electron chi connectivity index (χ0n) is 16.9. The molecule has 0 fully saturated rings. The van der Waals surface area contributed by atoms with Crippen molar-refractivity contribution in [1.29, 1.82) is 0 Å². The van der Waals surface area contributed by atoms with Gasteiger partial charge in [0, 0.05) is 11.3 Å². The first-order valence-corrected chi connectivity index (χ1v) is 11.2. The fraction of sp³-hybridized carbons (Fsp3) is 0.0909. The van der Waals surface area contributed by atoms with Crippen molar-refractivity contribution in [1.82, 2.24) is 5.32 Å². The zero-order chi connectivity index (χ0) is 23.3. The van der Waals surface area contributed by atoms with Crippen molar-refractivity contribution in [2.75, 3.05) is 16.6 Å². The minimum absolute atomic E-state index is 0.0426. The Kier molecular flexibility index (Phi) is 7.12. The predicted molar refractivity (Wildman–Crippen MR) is 121 cm³/mol. The fourth-order valence-electron chi connectivity index (χ4n) is 2.81. The molecule has 0 unspecified atom stereocenters. The van der Waals surface area contributed by atoms with E-state index in [1.165, 1.54) is 36.4 Å². The number of anilines is 2. The molecule has 32 heavy (non-hydrogen) atoms. The molecule has 0 aliphatic carbocycles. The Balaban J connectivity index is 1.69. The maximum absolute atomic E-state index is 13.2. The average molecular weight is 476 g/mol. The van der Waals surface area contributed by atoms with E-state index < -0.39 is 27.7 Å². The number of hydrogen-bond acceptors (Lipinski definition) is 4. The standard InChI is InChI=1S/C22H19ClFN3O4S/c1-14-9-10-17(12-20(14)32(30,31)27-19-8-3-2-7-18(19)23)26-21(28)13-25-22(29)15-5-4-6-16(24)11-15/h2-12,27H,13H2,1H3,(H,25,29)(H,26,28). The van der Waals surface area contributed by atoms with Crippen LogP contribution in [-0.4, -0.2) is 26.8 Å². The van der Waals surface area contributed by atoms with Crippen molar-refractivity contribution in [2.24, 2.45) is 0 Å². The Morgan fingerprint density at radius 3 is 2.47 bits per heavy atom. The van der Waals surface area contributed by atoms with Gasteiger partial charge in [-0.2, -0.15) is 0 Å². The molecule has 0 aliphatic heterocycles. The van der Waals surface area contributed by atoms with Gasteiger partial charge in [0.05, 0.1) is 22.2 Å². The van der Waals surface area contributed by atoms with Crippen LogP contribution in [0.1, 0.15) is 15.9 Å². The number of amides is 2. The zero-order valence-corrected chi connectivity index (χ0v) is 18.4. The second-order valence-corrected chi connectivity index (χ2v) is 8.86. The van der Waals surface area contributed by atoms with Crippen molar-refractivity contribution in [2.45, 2.75) is 11.8 Å². The molecule has 3 rings (SSSR count). The van der Waals surface area contributed by atoms with E-state index in [0.717, 1.165) is 6.07 Å². The molecule has 10 heteroatoms. The van der Waals surface area contributed by atoms with E-state index in [9.17, 15) is 22.4 Å². The number of rotatable bonds is 7. The van der Waals surface area contributed by atoms with Crippen molar-refractivity contribution < 1.29 is 22.4 Å². The topological polar surface area (TPSA) is 104 Å². The van der Waals surface area contributed by atoms with E-state index in [-0.39, 0.29) is 33.4 Å². The Morgan fingerprint density at radius 2 is 1.75 bits per heavy atom. The molecule has 0 spiro atoms. The molecule has 0 atom stereocenters. The van der Waals surface area contributed by atoms with Crippen LogP contribution in [0, 0.1) is 12.7 Å². The summed E-state index contributed by atoms with van der Waals surface area (Å²) >= 11 is 6.03. The molecule has 166 valence electrons. The maximum atomic E-state index is 13.2. The fourth-order valence-corrected chi connectivity index (χ4v) is 4.40. The highest BCUT2D eigenvalue weighted by molar-refractivity contribution is 7.92. The normalized spacial score (nSPS) is 11.0. The van der Waals surface area contributed by atoms with Gasteiger partial charge in [-0.1, -0.05) is 35.9 Å². The summed E-state index contributed by atoms with van der Waals surface area (Å²) in [4.78, 5) is 24.2. The van der Waals surface area contributed by atoms with Crippen molar-refractivity contribution >= 4 is 44.8 Å². The second-order valence-electron chi connectivity index (χ2n) is 6.81. The first kappa shape index (κ1) is 23.2. The van der Waals surface area contributed by atoms with Crippen LogP contribution in [-0.2, 0) is 14.8 Å². The molecule has 0 aliphatic rings. The summed E-state index contributed by atoms with van der Waals surface area (Å²) < 4.78 is 41.3. The van der Waals surface area contributed by atoms with E-state index in [0.29, 0.717) is 5.56 Å². The van der Waals surface area contributed by atoms with E-state index in [1.807, 2.05) is 0 Å². The number of nitrogens with one attached hydrogen (secondary N) is 3. The van der Waals surface area contributed by atoms with Crippen LogP contribution in [0.15, 0.2) is 71.6 Å². The van der Waals surface area contributed by atoms with Crippen molar-refractivity contribution in [3.63, 3.8) is 0 Å². The molecule has 0 saturated heterocycles. The van der Waals surface area contributed by atoms with Gasteiger partial charge in [0.2, 0.25) is 5.91 Å². The summed E-state index contributed by atoms with van der Waals surface area (Å²) in [7, 11) is -3.98. The van der Waals surface area contributed by atoms with E-state index in [2.05, 4.69) is 15.4 Å². The molecule has 3 N–H and O–H groups in total. The van der Waals surface area contributed by atoms with Gasteiger partial charge in [0.1, 0.15) is 5.82 Å². The molecule has 7 nitrogen and oxygen atoms in total. The molecule has 0 aromatic heterocycles. The molecule has 0 saturated carbocycles. The van der Waals surface area contributed by atoms with Gasteiger partial charge in [-0.05, 0) is 55.0 Å². The summed E-state index contributed by atoms with van der Waals surface area (Å²) in [5, 5.41) is 5.15. The van der Waals surface area contributed by atoms with E-state index in [4.69, 9.17) is 11.6 Å². The number of carbonyl (C=O) groups excluding carboxylic acids is 2. The van der Waals surface area contributed by atoms with Gasteiger partial charge in [0.25, 0.3) is 15.9 Å². The quantitative estimate of drug-likeness (QED) is 0.481. The van der Waals surface area contributed by atoms with Crippen LogP contribution in [0.3, 0.4) is 0 Å². The Hall–Kier alpha value is -3.43. The number of sulfonamides is 1. The lowest BCUT2D eigenvalue weighted by Crippen LogP contribution is -2.32. The largest absolute Gasteiger partial charge is 0.343 e. The first-order valence-electron chi connectivity index (χ1n) is 9.37. The number of halogens is 2. The molecule has 0 bridgehead atoms. The van der Waals surface area contributed by atoms with E-state index >= 15 is 0 Å². The predicted octanol–water partition coefficient (Wildman–Crippen LogP) is 3.96. The first-order chi connectivity index (χ1) is 15.2. The molecule has 0 radical (unpaired) electrons. The lowest BCUT2D eigenvalue weighted by atomic mass is 10.2. The van der Waals surface area contributed by atoms with Gasteiger partial charge >= 0.3 is 0 Å². The Bertz CT molecular complexity index is 1280. The van der Waals surface area contributed by atoms with Crippen LogP contribution in [0.25, 0.3) is 0 Å². The molecule has 3 aromatic rings. The number of aryl methyl sites for hydroxylation is 1. The van der Waals surface area contributed by atoms with Crippen LogP contribution in [0.5, 0.6) is 0 Å². The average Bonchev–Trinajstić information content (AvgIpc) is 2.75. The number of benzene rings is 3. The van der Waals surface area contributed by atoms with Crippen LogP contribution < -0.4 is 15.4 Å². The third-order valence-corrected chi connectivity index (χ3v) is 6.21. The van der Waals surface area contributed by atoms with Crippen LogP contribution in [0.4, 0.5) is 15.8 Å². The summed E-state index contributed by atoms with van der Waals surface area (Å²) in [6.45, 7) is 1.23. The SMILES string of the molecule is Cc1ccc(NC(=O)CNC(=O)c2cccc(F)c2)cc1S(=O)(=O)Nc1ccccc1Cl. The highest BCUT2D eigenvalue weighted by Gasteiger charge is 2.19. The monoisotopic (exact) mass is 475 g/mol. The minimum atomic E-state index is -3.98. The molecule has 0 heterocycles. The summed E-state index contributed by atoms with van der Waals surface area (Å²) in [6, 6.07) is 15.8. The van der Waals surface area contributed by atoms with Gasteiger partial charge in [0.15, 0.2) is 0 Å². The third-order valence-electron chi connectivity index (χ3n) is 4.38. The van der Waals surface area contributed by atoms with Gasteiger partial charge in [-0.15, -0.1) is 0 Å². The number of para-hydroxylation sites is 1. The second kappa shape index (κ2) is 9.80. The van der Waals surface area contributed by atoms with Crippen LogP contribution in [0.2, 0.25) is 5.02 Å². The smallest absolute Gasteiger partial charge is 0.262 e. The third kappa shape index (κ3) is 5.83. The number of carbonyl (C=O) groups is 2. The Labute approximate surface area is 189 Å². The Morgan fingerprint density at radius 1 is 1.00 bits per heavy atom. The highest BCUT2D eigenvalue weighted by Crippen LogP contribution is 2.26. The number of hydrogen-bond donors (Lipinski definition) is 3. The molecule has 3 aromatic carbocycles. The molecular formula is C22H19ClFN3O4S. The van der Waals surface area contributed by atoms with Gasteiger partial charge < -0.3 is 10.6 Å². The van der Waals surface area contributed by atoms with Gasteiger partial charge in [-0.25, -0.2) is 12.8 Å². The highest BCUT2D eigenvalue weighted by atomic mass is 35.5. The lowest BCUT2D eigenvalue weighted by Gasteiger charge is -2.13. The van der Waals surface area contributed by atoms with Crippen molar-refractivity contribution in [3.05, 3.63) is 88.7 Å². The summed E-state index contributed by atoms with van der Waals surface area (Å²) in [6.07, 6.45) is 0. The maximum Gasteiger partial charge on any atom is 0.262 e. The summed E-state index contributed by atoms with van der Waals surface area (Å²) in [5.74, 6) is -1.77. The molecule has 2 amide bonds. The van der Waals surface area contributed by atoms with Gasteiger partial charge in [-0.3, -0.25) is 14.3 Å².